The maximum Gasteiger partial charge on any atom is 0.251 e. The van der Waals surface area contributed by atoms with Crippen molar-refractivity contribution in [3.8, 4) is 11.8 Å². The Bertz CT molecular complexity index is 662. The first-order valence-electron chi connectivity index (χ1n) is 7.67. The number of rotatable bonds is 4. The highest BCUT2D eigenvalue weighted by Gasteiger charge is 2.08. The molecule has 2 aromatic rings. The van der Waals surface area contributed by atoms with Crippen molar-refractivity contribution in [3.63, 3.8) is 0 Å². The first-order valence-corrected chi connectivity index (χ1v) is 7.67. The van der Waals surface area contributed by atoms with E-state index in [0.29, 0.717) is 5.56 Å². The van der Waals surface area contributed by atoms with E-state index in [4.69, 9.17) is 0 Å². The summed E-state index contributed by atoms with van der Waals surface area (Å²) in [7, 11) is 0. The molecule has 0 aliphatic carbocycles. The van der Waals surface area contributed by atoms with Crippen LogP contribution in [0.3, 0.4) is 0 Å². The minimum atomic E-state index is -0.0245. The van der Waals surface area contributed by atoms with Crippen molar-refractivity contribution < 1.29 is 4.79 Å². The van der Waals surface area contributed by atoms with Crippen molar-refractivity contribution in [2.24, 2.45) is 0 Å². The van der Waals surface area contributed by atoms with Gasteiger partial charge >= 0.3 is 0 Å². The second-order valence-electron chi connectivity index (χ2n) is 5.36. The van der Waals surface area contributed by atoms with Gasteiger partial charge in [-0.05, 0) is 49.7 Å². The molecule has 2 nitrogen and oxygen atoms in total. The van der Waals surface area contributed by atoms with E-state index in [1.54, 1.807) is 0 Å². The summed E-state index contributed by atoms with van der Waals surface area (Å²) in [5, 5.41) is 3.00. The van der Waals surface area contributed by atoms with Crippen LogP contribution in [0.4, 0.5) is 0 Å². The fourth-order valence-electron chi connectivity index (χ4n) is 2.18. The first-order chi connectivity index (χ1) is 10.7. The Morgan fingerprint density at radius 2 is 1.59 bits per heavy atom. The molecule has 112 valence electrons. The van der Waals surface area contributed by atoms with Crippen LogP contribution >= 0.6 is 0 Å². The standard InChI is InChI=1S/C20H21NO/c1-3-7-16(2)21-20(22)19-14-12-18(13-15-19)11-10-17-8-5-4-6-9-17/h4-6,8-9,12-16H,3,7H2,1-2H3,(H,21,22)/t16-/m0/s1. The van der Waals surface area contributed by atoms with Crippen molar-refractivity contribution in [3.05, 3.63) is 71.3 Å². The third-order valence-corrected chi connectivity index (χ3v) is 3.37. The average molecular weight is 291 g/mol. The molecule has 22 heavy (non-hydrogen) atoms. The summed E-state index contributed by atoms with van der Waals surface area (Å²) in [6.07, 6.45) is 2.06. The molecule has 2 aromatic carbocycles. The van der Waals surface area contributed by atoms with Gasteiger partial charge < -0.3 is 5.32 Å². The van der Waals surface area contributed by atoms with Crippen molar-refractivity contribution in [1.82, 2.24) is 5.32 Å². The van der Waals surface area contributed by atoms with Gasteiger partial charge in [0.25, 0.3) is 5.91 Å². The first kappa shape index (κ1) is 15.9. The van der Waals surface area contributed by atoms with Crippen LogP contribution in [0.2, 0.25) is 0 Å². The molecule has 0 saturated heterocycles. The van der Waals surface area contributed by atoms with Gasteiger partial charge in [-0.2, -0.15) is 0 Å². The Labute approximate surface area is 132 Å². The molecule has 0 unspecified atom stereocenters. The molecule has 1 atom stereocenters. The maximum atomic E-state index is 12.1. The zero-order chi connectivity index (χ0) is 15.8. The zero-order valence-corrected chi connectivity index (χ0v) is 13.1. The second kappa shape index (κ2) is 8.05. The van der Waals surface area contributed by atoms with Crippen molar-refractivity contribution >= 4 is 5.91 Å². The Balaban J connectivity index is 2.01. The third-order valence-electron chi connectivity index (χ3n) is 3.37. The minimum Gasteiger partial charge on any atom is -0.350 e. The number of amides is 1. The number of carbonyl (C=O) groups excluding carboxylic acids is 1. The largest absolute Gasteiger partial charge is 0.350 e. The molecule has 1 N–H and O–H groups in total. The van der Waals surface area contributed by atoms with Crippen LogP contribution in [0, 0.1) is 11.8 Å². The molecular formula is C20H21NO. The summed E-state index contributed by atoms with van der Waals surface area (Å²) < 4.78 is 0. The van der Waals surface area contributed by atoms with Gasteiger partial charge in [-0.1, -0.05) is 43.4 Å². The van der Waals surface area contributed by atoms with Crippen LogP contribution in [-0.2, 0) is 0 Å². The molecular weight excluding hydrogens is 270 g/mol. The Kier molecular flexibility index (Phi) is 5.80. The lowest BCUT2D eigenvalue weighted by Gasteiger charge is -2.12. The van der Waals surface area contributed by atoms with Crippen molar-refractivity contribution in [2.75, 3.05) is 0 Å². The van der Waals surface area contributed by atoms with Crippen LogP contribution in [-0.4, -0.2) is 11.9 Å². The normalized spacial score (nSPS) is 11.2. The highest BCUT2D eigenvalue weighted by atomic mass is 16.1. The van der Waals surface area contributed by atoms with Crippen molar-refractivity contribution in [1.29, 1.82) is 0 Å². The van der Waals surface area contributed by atoms with Gasteiger partial charge in [0, 0.05) is 22.7 Å². The summed E-state index contributed by atoms with van der Waals surface area (Å²) in [6.45, 7) is 4.14. The van der Waals surface area contributed by atoms with E-state index < -0.39 is 0 Å². The van der Waals surface area contributed by atoms with Gasteiger partial charge in [-0.25, -0.2) is 0 Å². The summed E-state index contributed by atoms with van der Waals surface area (Å²) in [5.74, 6) is 6.19. The number of hydrogen-bond acceptors (Lipinski definition) is 1. The smallest absolute Gasteiger partial charge is 0.251 e. The minimum absolute atomic E-state index is 0.0245. The zero-order valence-electron chi connectivity index (χ0n) is 13.1. The quantitative estimate of drug-likeness (QED) is 0.847. The van der Waals surface area contributed by atoms with Crippen LogP contribution < -0.4 is 5.32 Å². The summed E-state index contributed by atoms with van der Waals surface area (Å²) in [4.78, 5) is 12.1. The van der Waals surface area contributed by atoms with E-state index in [1.807, 2.05) is 61.5 Å². The van der Waals surface area contributed by atoms with E-state index in [-0.39, 0.29) is 11.9 Å². The van der Waals surface area contributed by atoms with Crippen LogP contribution in [0.15, 0.2) is 54.6 Å². The summed E-state index contributed by atoms with van der Waals surface area (Å²) >= 11 is 0. The molecule has 1 amide bonds. The van der Waals surface area contributed by atoms with Gasteiger partial charge in [0.05, 0.1) is 0 Å². The third kappa shape index (κ3) is 4.79. The van der Waals surface area contributed by atoms with E-state index in [2.05, 4.69) is 24.1 Å². The van der Waals surface area contributed by atoms with Gasteiger partial charge in [0.1, 0.15) is 0 Å². The molecule has 2 heteroatoms. The summed E-state index contributed by atoms with van der Waals surface area (Å²) in [6, 6.07) is 17.5. The fourth-order valence-corrected chi connectivity index (χ4v) is 2.18. The SMILES string of the molecule is CCC[C@H](C)NC(=O)c1ccc(C#Cc2ccccc2)cc1. The molecule has 0 aliphatic rings. The average Bonchev–Trinajstić information content (AvgIpc) is 2.54. The monoisotopic (exact) mass is 291 g/mol. The van der Waals surface area contributed by atoms with Crippen LogP contribution in [0.1, 0.15) is 48.2 Å². The molecule has 0 saturated carbocycles. The number of hydrogen-bond donors (Lipinski definition) is 1. The number of benzene rings is 2. The Hall–Kier alpha value is -2.53. The topological polar surface area (TPSA) is 29.1 Å². The molecule has 0 aliphatic heterocycles. The van der Waals surface area contributed by atoms with E-state index in [9.17, 15) is 4.79 Å². The fraction of sp³-hybridized carbons (Fsp3) is 0.250. The van der Waals surface area contributed by atoms with Crippen LogP contribution in [0.5, 0.6) is 0 Å². The van der Waals surface area contributed by atoms with Gasteiger partial charge in [0.2, 0.25) is 0 Å². The number of nitrogens with one attached hydrogen (secondary N) is 1. The molecule has 0 heterocycles. The lowest BCUT2D eigenvalue weighted by Crippen LogP contribution is -2.32. The molecule has 0 bridgehead atoms. The highest BCUT2D eigenvalue weighted by Crippen LogP contribution is 2.05. The maximum absolute atomic E-state index is 12.1. The predicted molar refractivity (Wildman–Crippen MR) is 90.7 cm³/mol. The molecule has 0 aromatic heterocycles. The van der Waals surface area contributed by atoms with Gasteiger partial charge in [-0.15, -0.1) is 0 Å². The summed E-state index contributed by atoms with van der Waals surface area (Å²) in [5.41, 5.74) is 2.56. The molecule has 0 fully saturated rings. The predicted octanol–water partition coefficient (Wildman–Crippen LogP) is 4.00. The van der Waals surface area contributed by atoms with E-state index in [0.717, 1.165) is 24.0 Å². The molecule has 0 radical (unpaired) electrons. The Morgan fingerprint density at radius 3 is 2.18 bits per heavy atom. The second-order valence-corrected chi connectivity index (χ2v) is 5.36. The van der Waals surface area contributed by atoms with Gasteiger partial charge in [0.15, 0.2) is 0 Å². The van der Waals surface area contributed by atoms with Gasteiger partial charge in [-0.3, -0.25) is 4.79 Å². The number of carbonyl (C=O) groups is 1. The van der Waals surface area contributed by atoms with Crippen molar-refractivity contribution in [2.45, 2.75) is 32.7 Å². The van der Waals surface area contributed by atoms with E-state index in [1.165, 1.54) is 0 Å². The van der Waals surface area contributed by atoms with E-state index >= 15 is 0 Å². The lowest BCUT2D eigenvalue weighted by molar-refractivity contribution is 0.0938. The van der Waals surface area contributed by atoms with Crippen LogP contribution in [0.25, 0.3) is 0 Å². The molecule has 2 rings (SSSR count). The highest BCUT2D eigenvalue weighted by molar-refractivity contribution is 5.94. The molecule has 0 spiro atoms. The lowest BCUT2D eigenvalue weighted by atomic mass is 10.1. The Morgan fingerprint density at radius 1 is 1.00 bits per heavy atom.